The Kier molecular flexibility index (Phi) is 4.50. The van der Waals surface area contributed by atoms with E-state index in [2.05, 4.69) is 28.3 Å². The van der Waals surface area contributed by atoms with Crippen LogP contribution < -0.4 is 4.48 Å². The largest absolute Gasteiger partial charge is 0.269 e. The highest BCUT2D eigenvalue weighted by atomic mass is 35.5. The lowest BCUT2D eigenvalue weighted by Crippen LogP contribution is -2.22. The minimum atomic E-state index is 0.0268. The van der Waals surface area contributed by atoms with Crippen LogP contribution >= 0.6 is 11.6 Å². The first-order valence-corrected chi connectivity index (χ1v) is 10.5. The molecule has 0 saturated carbocycles. The average molecular weight is 431 g/mol. The summed E-state index contributed by atoms with van der Waals surface area (Å²) in [5.74, 6) is 1.52. The molecule has 2 unspecified atom stereocenters. The monoisotopic (exact) mass is 430 g/mol. The number of aliphatic imine (C=N–C) groups is 1. The van der Waals surface area contributed by atoms with Gasteiger partial charge in [0, 0.05) is 23.6 Å². The molecule has 0 radical (unpaired) electrons. The molecular weight excluding hydrogens is 410 g/mol. The Balaban J connectivity index is 1.57. The molecule has 154 valence electrons. The van der Waals surface area contributed by atoms with Crippen LogP contribution in [0, 0.1) is 11.3 Å². The van der Waals surface area contributed by atoms with E-state index in [0.29, 0.717) is 26.8 Å². The van der Waals surface area contributed by atoms with Crippen molar-refractivity contribution in [3.63, 3.8) is 0 Å². The van der Waals surface area contributed by atoms with Gasteiger partial charge in [-0.25, -0.2) is 9.98 Å². The smallest absolute Gasteiger partial charge is 0.230 e. The van der Waals surface area contributed by atoms with Gasteiger partial charge in [0.1, 0.15) is 23.2 Å². The number of benzene rings is 2. The molecule has 2 aromatic carbocycles. The van der Waals surface area contributed by atoms with Crippen LogP contribution in [0.3, 0.4) is 0 Å². The topological polar surface area (TPSA) is 79.2 Å². The minimum absolute atomic E-state index is 0.0268. The van der Waals surface area contributed by atoms with Crippen LogP contribution in [0.2, 0.25) is 5.02 Å². The van der Waals surface area contributed by atoms with Crippen molar-refractivity contribution < 1.29 is 0 Å². The van der Waals surface area contributed by atoms with Gasteiger partial charge in [0.25, 0.3) is 0 Å². The van der Waals surface area contributed by atoms with Crippen molar-refractivity contribution >= 4 is 34.4 Å². The highest BCUT2D eigenvalue weighted by Crippen LogP contribution is 2.37. The van der Waals surface area contributed by atoms with Crippen molar-refractivity contribution in [2.75, 3.05) is 13.6 Å². The maximum absolute atomic E-state index is 9.21. The second-order valence-electron chi connectivity index (χ2n) is 8.34. The Bertz CT molecular complexity index is 1280. The number of quaternary nitrogens is 1. The molecule has 0 bridgehead atoms. The second kappa shape index (κ2) is 7.12. The van der Waals surface area contributed by atoms with Gasteiger partial charge in [-0.15, -0.1) is 15.0 Å². The third-order valence-corrected chi connectivity index (χ3v) is 6.15. The Hall–Kier alpha value is -3.34. The van der Waals surface area contributed by atoms with Crippen LogP contribution in [-0.4, -0.2) is 45.9 Å². The first kappa shape index (κ1) is 19.6. The maximum atomic E-state index is 9.21. The number of hydrogen-bond donors (Lipinski definition) is 0. The molecule has 31 heavy (non-hydrogen) atoms. The summed E-state index contributed by atoms with van der Waals surface area (Å²) in [5.41, 5.74) is 3.96. The van der Waals surface area contributed by atoms with Crippen LogP contribution in [0.1, 0.15) is 37.0 Å². The predicted molar refractivity (Wildman–Crippen MR) is 122 cm³/mol. The lowest BCUT2D eigenvalue weighted by Gasteiger charge is -2.11. The number of halogens is 1. The van der Waals surface area contributed by atoms with Crippen molar-refractivity contribution in [2.24, 2.45) is 10.1 Å². The Labute approximate surface area is 185 Å². The number of fused-ring (bicyclic) bond motifs is 1. The molecule has 7 nitrogen and oxygen atoms in total. The molecule has 0 amide bonds. The van der Waals surface area contributed by atoms with Crippen molar-refractivity contribution in [1.82, 2.24) is 19.4 Å². The van der Waals surface area contributed by atoms with Crippen LogP contribution in [0.5, 0.6) is 0 Å². The van der Waals surface area contributed by atoms with Gasteiger partial charge >= 0.3 is 0 Å². The fraction of sp³-hybridized carbons (Fsp3) is 0.261. The van der Waals surface area contributed by atoms with Crippen molar-refractivity contribution in [3.8, 4) is 6.07 Å². The standard InChI is InChI=1S/C23H21ClN7/c1-14(2)22-27-23-21(20(28-30(23)29-22)18-6-4-5-7-19(18)24)26-15-8-10-16(11-9-15)31(3)13-17(31)12-25/h4-11,14,17H,13H2,1-3H3/q+1. The van der Waals surface area contributed by atoms with Gasteiger partial charge in [-0.1, -0.05) is 43.6 Å². The fourth-order valence-corrected chi connectivity index (χ4v) is 3.96. The van der Waals surface area contributed by atoms with Gasteiger partial charge in [-0.2, -0.15) is 5.26 Å². The quantitative estimate of drug-likeness (QED) is 0.457. The summed E-state index contributed by atoms with van der Waals surface area (Å²) in [4.78, 5) is 11.1. The SMILES string of the molecule is CC(C)c1nc2n(n1)N=C(c1ccccc1Cl)C2=Nc1ccc([N+]2(C)CC2C#N)cc1. The number of rotatable bonds is 4. The van der Waals surface area contributed by atoms with Gasteiger partial charge in [-0.05, 0) is 18.2 Å². The third-order valence-electron chi connectivity index (χ3n) is 5.82. The van der Waals surface area contributed by atoms with E-state index in [1.807, 2.05) is 62.4 Å². The lowest BCUT2D eigenvalue weighted by atomic mass is 10.1. The number of nitriles is 1. The van der Waals surface area contributed by atoms with E-state index in [4.69, 9.17) is 16.6 Å². The van der Waals surface area contributed by atoms with Crippen LogP contribution in [-0.2, 0) is 0 Å². The van der Waals surface area contributed by atoms with E-state index in [1.54, 1.807) is 4.79 Å². The molecule has 8 heteroatoms. The van der Waals surface area contributed by atoms with E-state index in [9.17, 15) is 5.26 Å². The van der Waals surface area contributed by atoms with Crippen LogP contribution in [0.15, 0.2) is 58.6 Å². The molecule has 1 saturated heterocycles. The zero-order chi connectivity index (χ0) is 21.8. The molecule has 2 aliphatic rings. The molecule has 3 aromatic rings. The van der Waals surface area contributed by atoms with Crippen LogP contribution in [0.4, 0.5) is 11.4 Å². The zero-order valence-corrected chi connectivity index (χ0v) is 18.2. The van der Waals surface area contributed by atoms with Gasteiger partial charge in [-0.3, -0.25) is 4.48 Å². The highest BCUT2D eigenvalue weighted by molar-refractivity contribution is 6.56. The normalized spacial score (nSPS) is 23.0. The van der Waals surface area contributed by atoms with Gasteiger partial charge in [0.15, 0.2) is 12.4 Å². The minimum Gasteiger partial charge on any atom is -0.269 e. The molecule has 0 N–H and O–H groups in total. The molecular formula is C23H21ClN7+. The average Bonchev–Trinajstić information content (AvgIpc) is 3.10. The summed E-state index contributed by atoms with van der Waals surface area (Å²) < 4.78 is 0.645. The first-order chi connectivity index (χ1) is 14.9. The van der Waals surface area contributed by atoms with E-state index in [1.165, 1.54) is 0 Å². The Morgan fingerprint density at radius 2 is 1.94 bits per heavy atom. The van der Waals surface area contributed by atoms with Crippen LogP contribution in [0.25, 0.3) is 0 Å². The molecule has 3 heterocycles. The summed E-state index contributed by atoms with van der Waals surface area (Å²) in [6, 6.07) is 17.9. The second-order valence-corrected chi connectivity index (χ2v) is 8.75. The number of likely N-dealkylation sites (N-methyl/N-ethyl adjacent to an activating group) is 1. The predicted octanol–water partition coefficient (Wildman–Crippen LogP) is 4.28. The van der Waals surface area contributed by atoms with E-state index < -0.39 is 0 Å². The summed E-state index contributed by atoms with van der Waals surface area (Å²) in [7, 11) is 2.07. The Morgan fingerprint density at radius 3 is 2.58 bits per heavy atom. The number of aromatic nitrogens is 3. The van der Waals surface area contributed by atoms with Crippen molar-refractivity contribution in [2.45, 2.75) is 25.8 Å². The molecule has 1 fully saturated rings. The summed E-state index contributed by atoms with van der Waals surface area (Å²) in [6.45, 7) is 4.93. The fourth-order valence-electron chi connectivity index (χ4n) is 3.73. The van der Waals surface area contributed by atoms with Gasteiger partial charge in [0.2, 0.25) is 11.9 Å². The molecule has 1 aromatic heterocycles. The number of hydrogen-bond acceptors (Lipinski definition) is 5. The third kappa shape index (κ3) is 3.25. The molecule has 5 rings (SSSR count). The van der Waals surface area contributed by atoms with Gasteiger partial charge < -0.3 is 0 Å². The molecule has 2 atom stereocenters. The number of nitrogens with zero attached hydrogens (tertiary/aromatic N) is 7. The van der Waals surface area contributed by atoms with E-state index in [0.717, 1.165) is 29.3 Å². The van der Waals surface area contributed by atoms with Crippen molar-refractivity contribution in [1.29, 1.82) is 5.26 Å². The first-order valence-electron chi connectivity index (χ1n) is 10.2. The lowest BCUT2D eigenvalue weighted by molar-refractivity contribution is 0.630. The Morgan fingerprint density at radius 1 is 1.19 bits per heavy atom. The maximum Gasteiger partial charge on any atom is 0.230 e. The van der Waals surface area contributed by atoms with E-state index in [-0.39, 0.29) is 12.0 Å². The summed E-state index contributed by atoms with van der Waals surface area (Å²) >= 11 is 6.46. The molecule has 2 aliphatic heterocycles. The summed E-state index contributed by atoms with van der Waals surface area (Å²) in [6.07, 6.45) is 0. The summed E-state index contributed by atoms with van der Waals surface area (Å²) in [5, 5.41) is 19.0. The van der Waals surface area contributed by atoms with E-state index >= 15 is 0 Å². The van der Waals surface area contributed by atoms with Gasteiger partial charge in [0.05, 0.1) is 17.8 Å². The molecule has 0 aliphatic carbocycles. The highest BCUT2D eigenvalue weighted by Gasteiger charge is 2.53. The molecule has 0 spiro atoms. The van der Waals surface area contributed by atoms with Crippen molar-refractivity contribution in [3.05, 3.63) is 70.8 Å². The zero-order valence-electron chi connectivity index (χ0n) is 17.5.